The minimum Gasteiger partial charge on any atom is -0.479 e. The van der Waals surface area contributed by atoms with Gasteiger partial charge in [0.25, 0.3) is 0 Å². The van der Waals surface area contributed by atoms with Gasteiger partial charge in [-0.05, 0) is 50.2 Å². The van der Waals surface area contributed by atoms with E-state index in [1.54, 1.807) is 26.1 Å². The van der Waals surface area contributed by atoms with Gasteiger partial charge in [0.05, 0.1) is 17.2 Å². The van der Waals surface area contributed by atoms with Crippen LogP contribution in [0.2, 0.25) is 0 Å². The molecule has 0 radical (unpaired) electrons. The molecule has 0 bridgehead atoms. The molecule has 2 aromatic rings. The van der Waals surface area contributed by atoms with Gasteiger partial charge in [-0.3, -0.25) is 4.79 Å². The minimum absolute atomic E-state index is 0.159. The number of benzene rings is 1. The molecular weight excluding hydrogens is 392 g/mol. The molecule has 0 spiro atoms. The number of rotatable bonds is 4. The molecule has 1 aliphatic carbocycles. The van der Waals surface area contributed by atoms with Crippen molar-refractivity contribution in [3.63, 3.8) is 0 Å². The fourth-order valence-electron chi connectivity index (χ4n) is 4.40. The zero-order chi connectivity index (χ0) is 21.6. The molecule has 5 rings (SSSR count). The van der Waals surface area contributed by atoms with Crippen molar-refractivity contribution in [3.05, 3.63) is 82.5 Å². The summed E-state index contributed by atoms with van der Waals surface area (Å²) in [5.41, 5.74) is 1.21. The van der Waals surface area contributed by atoms with Crippen LogP contribution in [0.4, 0.5) is 0 Å². The number of Topliss-reactive ketones (excluding diaryl/α,β-unsaturated/α-hetero) is 1. The van der Waals surface area contributed by atoms with Crippen LogP contribution >= 0.6 is 0 Å². The van der Waals surface area contributed by atoms with E-state index in [1.165, 1.54) is 11.6 Å². The molecule has 31 heavy (non-hydrogen) atoms. The zero-order valence-electron chi connectivity index (χ0n) is 17.5. The van der Waals surface area contributed by atoms with Crippen molar-refractivity contribution >= 4 is 22.3 Å². The molecule has 3 heterocycles. The average molecular weight is 416 g/mol. The van der Waals surface area contributed by atoms with Crippen LogP contribution in [0.25, 0.3) is 16.5 Å². The molecule has 0 fully saturated rings. The molecule has 1 aromatic heterocycles. The lowest BCUT2D eigenvalue weighted by atomic mass is 9.87. The molecule has 2 N–H and O–H groups in total. The van der Waals surface area contributed by atoms with Gasteiger partial charge in [0.1, 0.15) is 11.3 Å². The molecule has 0 unspecified atom stereocenters. The van der Waals surface area contributed by atoms with Gasteiger partial charge < -0.3 is 19.8 Å². The normalized spacial score (nSPS) is 24.4. The Hall–Kier alpha value is -3.54. The van der Waals surface area contributed by atoms with E-state index in [0.717, 1.165) is 11.8 Å². The highest BCUT2D eigenvalue weighted by Crippen LogP contribution is 2.41. The minimum atomic E-state index is -1.01. The molecule has 2 atom stereocenters. The second-order valence-electron chi connectivity index (χ2n) is 8.52. The third kappa shape index (κ3) is 3.38. The lowest BCUT2D eigenvalue weighted by Crippen LogP contribution is -2.42. The quantitative estimate of drug-likeness (QED) is 0.451. The van der Waals surface area contributed by atoms with Crippen LogP contribution in [0, 0.1) is 5.92 Å². The van der Waals surface area contributed by atoms with Crippen molar-refractivity contribution in [1.29, 1.82) is 0 Å². The van der Waals surface area contributed by atoms with Gasteiger partial charge in [0.15, 0.2) is 5.60 Å². The van der Waals surface area contributed by atoms with E-state index in [4.69, 9.17) is 9.15 Å². The van der Waals surface area contributed by atoms with Crippen molar-refractivity contribution in [2.45, 2.75) is 31.9 Å². The number of ketones is 1. The van der Waals surface area contributed by atoms with E-state index in [2.05, 4.69) is 41.1 Å². The average Bonchev–Trinajstić information content (AvgIpc) is 3.16. The summed E-state index contributed by atoms with van der Waals surface area (Å²) in [4.78, 5) is 25.0. The second kappa shape index (κ2) is 7.30. The molecule has 6 heteroatoms. The Balaban J connectivity index is 1.43. The zero-order valence-corrected chi connectivity index (χ0v) is 17.5. The van der Waals surface area contributed by atoms with Crippen LogP contribution in [0.3, 0.4) is 0 Å². The highest BCUT2D eigenvalue weighted by Gasteiger charge is 2.40. The van der Waals surface area contributed by atoms with Gasteiger partial charge in [-0.25, -0.2) is 4.79 Å². The van der Waals surface area contributed by atoms with E-state index >= 15 is 0 Å². The fraction of sp³-hybridized carbons (Fsp3) is 0.280. The summed E-state index contributed by atoms with van der Waals surface area (Å²) in [6.07, 6.45) is 13.2. The number of allylic oxidation sites excluding steroid dienone is 2. The third-order valence-electron chi connectivity index (χ3n) is 6.01. The standard InChI is InChI=1S/C25H24N2O4/c1-25(2)24(29)18(14-26-12-11-16-13-27-19-6-4-3-5-17(16)19)22-20(31-25)9-7-15-8-10-21(28)30-23(15)22/h3-10,13-14,17,19,26-27H,11-12H2,1-2H3/b18-14-/t17-,19-/m1/s1. The molecule has 0 saturated carbocycles. The van der Waals surface area contributed by atoms with Gasteiger partial charge in [0, 0.05) is 30.1 Å². The van der Waals surface area contributed by atoms with Crippen LogP contribution in [-0.2, 0) is 4.79 Å². The van der Waals surface area contributed by atoms with Gasteiger partial charge >= 0.3 is 5.63 Å². The molecule has 158 valence electrons. The maximum absolute atomic E-state index is 13.2. The Morgan fingerprint density at radius 1 is 1.13 bits per heavy atom. The van der Waals surface area contributed by atoms with Crippen molar-refractivity contribution in [1.82, 2.24) is 10.6 Å². The molecule has 3 aliphatic rings. The van der Waals surface area contributed by atoms with Gasteiger partial charge in [-0.2, -0.15) is 0 Å². The van der Waals surface area contributed by atoms with Crippen molar-refractivity contribution in [2.24, 2.45) is 5.92 Å². The van der Waals surface area contributed by atoms with E-state index in [9.17, 15) is 9.59 Å². The topological polar surface area (TPSA) is 80.6 Å². The number of carbonyl (C=O) groups excluding carboxylic acids is 1. The summed E-state index contributed by atoms with van der Waals surface area (Å²) in [7, 11) is 0. The summed E-state index contributed by atoms with van der Waals surface area (Å²) in [5, 5.41) is 7.44. The van der Waals surface area contributed by atoms with Crippen LogP contribution in [-0.4, -0.2) is 24.0 Å². The predicted molar refractivity (Wildman–Crippen MR) is 120 cm³/mol. The molecule has 0 saturated heterocycles. The molecule has 1 aromatic carbocycles. The monoisotopic (exact) mass is 416 g/mol. The first-order valence-electron chi connectivity index (χ1n) is 10.5. The predicted octanol–water partition coefficient (Wildman–Crippen LogP) is 3.45. The highest BCUT2D eigenvalue weighted by atomic mass is 16.5. The first kappa shape index (κ1) is 19.4. The molecular formula is C25H24N2O4. The SMILES string of the molecule is CC1(C)Oc2ccc3ccc(=O)oc3c2/C(=C/NCCC2=CN[C@@H]3C=CC=C[C@H]23)C1=O. The molecule has 2 aliphatic heterocycles. The third-order valence-corrected chi connectivity index (χ3v) is 6.01. The largest absolute Gasteiger partial charge is 0.479 e. The Morgan fingerprint density at radius 3 is 2.81 bits per heavy atom. The van der Waals surface area contributed by atoms with Crippen LogP contribution in [0.5, 0.6) is 5.75 Å². The van der Waals surface area contributed by atoms with E-state index in [1.807, 2.05) is 12.1 Å². The Bertz CT molecular complexity index is 1250. The lowest BCUT2D eigenvalue weighted by molar-refractivity contribution is -0.126. The van der Waals surface area contributed by atoms with Crippen molar-refractivity contribution in [3.8, 4) is 5.75 Å². The first-order valence-corrected chi connectivity index (χ1v) is 10.5. The first-order chi connectivity index (χ1) is 14.9. The van der Waals surface area contributed by atoms with E-state index < -0.39 is 11.2 Å². The fourth-order valence-corrected chi connectivity index (χ4v) is 4.40. The smallest absolute Gasteiger partial charge is 0.336 e. The molecule has 6 nitrogen and oxygen atoms in total. The number of fused-ring (bicyclic) bond motifs is 4. The van der Waals surface area contributed by atoms with Gasteiger partial charge in [-0.1, -0.05) is 24.3 Å². The Morgan fingerprint density at radius 2 is 1.94 bits per heavy atom. The number of hydrogen-bond donors (Lipinski definition) is 2. The van der Waals surface area contributed by atoms with E-state index in [-0.39, 0.29) is 5.78 Å². The second-order valence-corrected chi connectivity index (χ2v) is 8.52. The van der Waals surface area contributed by atoms with Crippen LogP contribution < -0.4 is 21.0 Å². The van der Waals surface area contributed by atoms with Crippen molar-refractivity contribution in [2.75, 3.05) is 6.54 Å². The van der Waals surface area contributed by atoms with Crippen LogP contribution in [0.15, 0.2) is 75.8 Å². The Kier molecular flexibility index (Phi) is 4.58. The highest BCUT2D eigenvalue weighted by molar-refractivity contribution is 6.28. The Labute approximate surface area is 180 Å². The van der Waals surface area contributed by atoms with Crippen LogP contribution in [0.1, 0.15) is 25.8 Å². The van der Waals surface area contributed by atoms with Gasteiger partial charge in [0.2, 0.25) is 5.78 Å². The summed E-state index contributed by atoms with van der Waals surface area (Å²) in [6, 6.07) is 7.04. The maximum atomic E-state index is 13.2. The maximum Gasteiger partial charge on any atom is 0.336 e. The number of nitrogens with one attached hydrogen (secondary N) is 2. The summed E-state index contributed by atoms with van der Waals surface area (Å²) >= 11 is 0. The van der Waals surface area contributed by atoms with Crippen molar-refractivity contribution < 1.29 is 13.9 Å². The lowest BCUT2D eigenvalue weighted by Gasteiger charge is -2.32. The number of hydrogen-bond acceptors (Lipinski definition) is 6. The number of ether oxygens (including phenoxy) is 1. The summed E-state index contributed by atoms with van der Waals surface area (Å²) in [6.45, 7) is 4.17. The summed E-state index contributed by atoms with van der Waals surface area (Å²) < 4.78 is 11.4. The van der Waals surface area contributed by atoms with E-state index in [0.29, 0.717) is 41.0 Å². The van der Waals surface area contributed by atoms with Gasteiger partial charge in [-0.15, -0.1) is 0 Å². The number of carbonyl (C=O) groups is 1. The summed E-state index contributed by atoms with van der Waals surface area (Å²) in [5.74, 6) is 0.750. The molecule has 0 amide bonds.